The highest BCUT2D eigenvalue weighted by atomic mass is 16.6. The Balaban J connectivity index is 1.50. The van der Waals surface area contributed by atoms with Gasteiger partial charge in [0, 0.05) is 34.9 Å². The van der Waals surface area contributed by atoms with E-state index in [4.69, 9.17) is 17.7 Å². The van der Waals surface area contributed by atoms with E-state index in [-0.39, 0.29) is 29.3 Å². The molecule has 0 aromatic rings. The SMILES string of the molecule is [2H]C([2H])([2H])C(O)(CCCC1(C2CCC3C(=CC=C4CC(OC(C)=O)C[C@H](OC(C)=O)C4=C)CCC[C@@]32C)CC1)C([2H])([2H])[2H]. The van der Waals surface area contributed by atoms with Gasteiger partial charge in [-0.3, -0.25) is 9.59 Å². The minimum Gasteiger partial charge on any atom is -0.462 e. The lowest BCUT2D eigenvalue weighted by Crippen LogP contribution is -2.37. The second-order valence-corrected chi connectivity index (χ2v) is 12.3. The van der Waals surface area contributed by atoms with E-state index in [1.807, 2.05) is 0 Å². The maximum Gasteiger partial charge on any atom is 0.303 e. The number of ether oxygens (including phenoxy) is 2. The first-order chi connectivity index (χ1) is 19.8. The zero-order chi connectivity index (χ0) is 32.0. The van der Waals surface area contributed by atoms with Crippen LogP contribution in [0, 0.1) is 22.7 Å². The Morgan fingerprint density at radius 2 is 1.89 bits per heavy atom. The average molecular weight is 519 g/mol. The molecule has 37 heavy (non-hydrogen) atoms. The molecule has 206 valence electrons. The summed E-state index contributed by atoms with van der Waals surface area (Å²) >= 11 is 0. The number of carbonyl (C=O) groups excluding carboxylic acids is 2. The van der Waals surface area contributed by atoms with Crippen molar-refractivity contribution in [2.45, 2.75) is 129 Å². The van der Waals surface area contributed by atoms with Gasteiger partial charge in [-0.2, -0.15) is 0 Å². The number of carbonyl (C=O) groups is 2. The molecule has 4 fully saturated rings. The van der Waals surface area contributed by atoms with Crippen LogP contribution in [0.4, 0.5) is 0 Å². The van der Waals surface area contributed by atoms with Crippen molar-refractivity contribution in [1.29, 1.82) is 0 Å². The van der Waals surface area contributed by atoms with Crippen molar-refractivity contribution >= 4 is 11.9 Å². The molecule has 4 aliphatic carbocycles. The van der Waals surface area contributed by atoms with Crippen LogP contribution in [0.1, 0.15) is 120 Å². The lowest BCUT2D eigenvalue weighted by molar-refractivity contribution is -0.152. The first kappa shape index (κ1) is 21.0. The summed E-state index contributed by atoms with van der Waals surface area (Å²) in [6.07, 6.45) is 12.5. The molecule has 4 saturated carbocycles. The summed E-state index contributed by atoms with van der Waals surface area (Å²) in [7, 11) is 0. The van der Waals surface area contributed by atoms with Crippen LogP contribution in [0.3, 0.4) is 0 Å². The van der Waals surface area contributed by atoms with Crippen molar-refractivity contribution in [3.63, 3.8) is 0 Å². The molecule has 4 aliphatic rings. The molecule has 0 aromatic heterocycles. The molecular weight excluding hydrogens is 464 g/mol. The number of hydrogen-bond acceptors (Lipinski definition) is 5. The monoisotopic (exact) mass is 518 g/mol. The van der Waals surface area contributed by atoms with E-state index < -0.39 is 31.4 Å². The van der Waals surface area contributed by atoms with Crippen LogP contribution in [-0.2, 0) is 19.1 Å². The summed E-state index contributed by atoms with van der Waals surface area (Å²) in [6.45, 7) is 3.39. The standard InChI is InChI=1S/C32H48O5/c1-21-25(19-26(36-22(2)33)20-28(21)37-23(3)34)11-10-24-9-7-15-31(6)27(24)12-13-29(31)32(17-18-32)16-8-14-30(4,5)35/h10-11,26-29,35H,1,7-9,12-20H2,2-6H3/t26?,27?,28-,29?,31-/m0/s1/i4D3,5D3. The molecule has 5 atom stereocenters. The quantitative estimate of drug-likeness (QED) is 0.351. The van der Waals surface area contributed by atoms with Gasteiger partial charge in [-0.25, -0.2) is 0 Å². The molecule has 0 bridgehead atoms. The molecule has 0 radical (unpaired) electrons. The third-order valence-electron chi connectivity index (χ3n) is 9.67. The van der Waals surface area contributed by atoms with Gasteiger partial charge < -0.3 is 14.6 Å². The fraction of sp³-hybridized carbons (Fsp3) is 0.750. The minimum absolute atomic E-state index is 0.0704. The number of allylic oxidation sites excluding steroid dienone is 3. The zero-order valence-corrected chi connectivity index (χ0v) is 22.7. The Morgan fingerprint density at radius 1 is 1.16 bits per heavy atom. The molecule has 1 N–H and O–H groups in total. The summed E-state index contributed by atoms with van der Waals surface area (Å²) in [5.74, 6) is 0.101. The van der Waals surface area contributed by atoms with Crippen LogP contribution in [-0.4, -0.2) is 34.9 Å². The van der Waals surface area contributed by atoms with Crippen LogP contribution < -0.4 is 0 Å². The highest BCUT2D eigenvalue weighted by Crippen LogP contribution is 2.70. The average Bonchev–Trinajstić information content (AvgIpc) is 3.55. The van der Waals surface area contributed by atoms with E-state index in [0.717, 1.165) is 62.5 Å². The first-order valence-electron chi connectivity index (χ1n) is 17.0. The maximum absolute atomic E-state index is 11.7. The number of rotatable bonds is 8. The summed E-state index contributed by atoms with van der Waals surface area (Å²) in [4.78, 5) is 23.4. The van der Waals surface area contributed by atoms with Crippen LogP contribution in [0.15, 0.2) is 35.5 Å². The Kier molecular flexibility index (Phi) is 6.08. The van der Waals surface area contributed by atoms with Gasteiger partial charge in [0.05, 0.1) is 5.60 Å². The Bertz CT molecular complexity index is 1150. The molecule has 0 aliphatic heterocycles. The van der Waals surface area contributed by atoms with Crippen LogP contribution >= 0.6 is 0 Å². The topological polar surface area (TPSA) is 72.8 Å². The summed E-state index contributed by atoms with van der Waals surface area (Å²) in [6, 6.07) is 0. The van der Waals surface area contributed by atoms with Crippen molar-refractivity contribution in [2.24, 2.45) is 22.7 Å². The molecule has 0 heterocycles. The molecule has 5 heteroatoms. The molecule has 3 unspecified atom stereocenters. The van der Waals surface area contributed by atoms with Gasteiger partial charge in [0.25, 0.3) is 0 Å². The van der Waals surface area contributed by atoms with Crippen LogP contribution in [0.25, 0.3) is 0 Å². The van der Waals surface area contributed by atoms with Crippen molar-refractivity contribution in [2.75, 3.05) is 0 Å². The second kappa shape index (κ2) is 10.7. The maximum atomic E-state index is 11.7. The predicted octanol–water partition coefficient (Wildman–Crippen LogP) is 6.99. The van der Waals surface area contributed by atoms with Gasteiger partial charge in [0.15, 0.2) is 0 Å². The van der Waals surface area contributed by atoms with Gasteiger partial charge in [0.2, 0.25) is 0 Å². The molecule has 0 amide bonds. The number of hydrogen-bond donors (Lipinski definition) is 1. The van der Waals surface area contributed by atoms with Crippen molar-refractivity contribution in [1.82, 2.24) is 0 Å². The van der Waals surface area contributed by atoms with E-state index in [0.29, 0.717) is 31.1 Å². The van der Waals surface area contributed by atoms with Crippen LogP contribution in [0.5, 0.6) is 0 Å². The highest BCUT2D eigenvalue weighted by molar-refractivity contribution is 5.67. The van der Waals surface area contributed by atoms with Crippen molar-refractivity contribution < 1.29 is 32.4 Å². The molecule has 0 spiro atoms. The van der Waals surface area contributed by atoms with E-state index in [1.165, 1.54) is 19.4 Å². The van der Waals surface area contributed by atoms with Crippen molar-refractivity contribution in [3.8, 4) is 0 Å². The molecule has 4 rings (SSSR count). The predicted molar refractivity (Wildman–Crippen MR) is 146 cm³/mol. The smallest absolute Gasteiger partial charge is 0.303 e. The highest BCUT2D eigenvalue weighted by Gasteiger charge is 2.60. The Hall–Kier alpha value is -1.88. The molecule has 5 nitrogen and oxygen atoms in total. The third kappa shape index (κ3) is 6.41. The molecule has 0 saturated heterocycles. The van der Waals surface area contributed by atoms with Gasteiger partial charge in [-0.1, -0.05) is 37.6 Å². The van der Waals surface area contributed by atoms with E-state index >= 15 is 0 Å². The second-order valence-electron chi connectivity index (χ2n) is 12.3. The lowest BCUT2D eigenvalue weighted by atomic mass is 9.59. The van der Waals surface area contributed by atoms with E-state index in [2.05, 4.69) is 25.7 Å². The lowest BCUT2D eigenvalue weighted by Gasteiger charge is -2.45. The van der Waals surface area contributed by atoms with E-state index in [1.54, 1.807) is 0 Å². The first-order valence-corrected chi connectivity index (χ1v) is 14.0. The Morgan fingerprint density at radius 3 is 2.54 bits per heavy atom. The van der Waals surface area contributed by atoms with Gasteiger partial charge in [-0.15, -0.1) is 0 Å². The zero-order valence-electron chi connectivity index (χ0n) is 28.7. The molecular formula is C32H48O5. The number of aliphatic hydroxyl groups is 1. The van der Waals surface area contributed by atoms with Gasteiger partial charge >= 0.3 is 11.9 Å². The van der Waals surface area contributed by atoms with Crippen molar-refractivity contribution in [3.05, 3.63) is 35.5 Å². The van der Waals surface area contributed by atoms with E-state index in [9.17, 15) is 14.7 Å². The number of esters is 2. The van der Waals surface area contributed by atoms with Crippen LogP contribution in [0.2, 0.25) is 0 Å². The van der Waals surface area contributed by atoms with Gasteiger partial charge in [0.1, 0.15) is 12.2 Å². The normalized spacial score (nSPS) is 38.4. The summed E-state index contributed by atoms with van der Waals surface area (Å²) in [5.41, 5.74) is 0.523. The minimum atomic E-state index is -2.98. The number of fused-ring (bicyclic) bond motifs is 1. The Labute approximate surface area is 232 Å². The third-order valence-corrected chi connectivity index (χ3v) is 9.67. The summed E-state index contributed by atoms with van der Waals surface area (Å²) < 4.78 is 57.2. The fourth-order valence-corrected chi connectivity index (χ4v) is 7.95. The van der Waals surface area contributed by atoms with Gasteiger partial charge in [-0.05, 0) is 105 Å². The fourth-order valence-electron chi connectivity index (χ4n) is 7.95. The molecule has 0 aromatic carbocycles. The summed E-state index contributed by atoms with van der Waals surface area (Å²) in [5, 5.41) is 10.8. The largest absolute Gasteiger partial charge is 0.462 e.